The molecule has 0 aromatic heterocycles. The lowest BCUT2D eigenvalue weighted by Gasteiger charge is -2.34. The van der Waals surface area contributed by atoms with Crippen LogP contribution in [-0.4, -0.2) is 35.5 Å². The molecular weight excluding hydrogens is 313 g/mol. The van der Waals surface area contributed by atoms with Gasteiger partial charge in [0, 0.05) is 35.8 Å². The zero-order valence-electron chi connectivity index (χ0n) is 11.6. The summed E-state index contributed by atoms with van der Waals surface area (Å²) in [7, 11) is 0. The summed E-state index contributed by atoms with van der Waals surface area (Å²) in [5, 5.41) is 15.1. The van der Waals surface area contributed by atoms with Crippen LogP contribution in [0.4, 0.5) is 5.69 Å². The zero-order valence-corrected chi connectivity index (χ0v) is 13.2. The maximum atomic E-state index is 11.1. The number of hydrogen-bond donors (Lipinski definition) is 1. The molecule has 0 amide bonds. The number of nitro benzene ring substituents is 1. The van der Waals surface area contributed by atoms with E-state index in [9.17, 15) is 10.1 Å². The molecule has 1 aromatic rings. The molecule has 0 aliphatic carbocycles. The van der Waals surface area contributed by atoms with Gasteiger partial charge in [-0.15, -0.1) is 12.4 Å². The van der Waals surface area contributed by atoms with E-state index in [0.29, 0.717) is 23.5 Å². The highest BCUT2D eigenvalue weighted by molar-refractivity contribution is 6.30. The Morgan fingerprint density at radius 3 is 3.00 bits per heavy atom. The number of hydrogen-bond acceptors (Lipinski definition) is 4. The van der Waals surface area contributed by atoms with E-state index in [1.807, 2.05) is 0 Å². The molecule has 0 spiro atoms. The molecule has 5 nitrogen and oxygen atoms in total. The lowest BCUT2D eigenvalue weighted by Crippen LogP contribution is -2.43. The van der Waals surface area contributed by atoms with E-state index in [2.05, 4.69) is 10.2 Å². The fourth-order valence-electron chi connectivity index (χ4n) is 3.35. The van der Waals surface area contributed by atoms with Crippen LogP contribution in [0.3, 0.4) is 0 Å². The average molecular weight is 332 g/mol. The van der Waals surface area contributed by atoms with Crippen molar-refractivity contribution in [2.75, 3.05) is 19.6 Å². The van der Waals surface area contributed by atoms with E-state index >= 15 is 0 Å². The molecule has 21 heavy (non-hydrogen) atoms. The Kier molecular flexibility index (Phi) is 5.43. The molecule has 2 saturated heterocycles. The van der Waals surface area contributed by atoms with E-state index in [4.69, 9.17) is 11.6 Å². The monoisotopic (exact) mass is 331 g/mol. The van der Waals surface area contributed by atoms with Crippen LogP contribution < -0.4 is 5.32 Å². The fraction of sp³-hybridized carbons (Fsp3) is 0.571. The van der Waals surface area contributed by atoms with E-state index in [1.54, 1.807) is 12.1 Å². The molecule has 1 N–H and O–H groups in total. The first-order valence-corrected chi connectivity index (χ1v) is 7.40. The fourth-order valence-corrected chi connectivity index (χ4v) is 3.51. The molecule has 116 valence electrons. The Balaban J connectivity index is 0.00000161. The van der Waals surface area contributed by atoms with Gasteiger partial charge in [-0.1, -0.05) is 11.6 Å². The van der Waals surface area contributed by atoms with Crippen LogP contribution in [0.15, 0.2) is 18.2 Å². The van der Waals surface area contributed by atoms with Crippen molar-refractivity contribution in [3.63, 3.8) is 0 Å². The number of nitrogens with one attached hydrogen (secondary N) is 1. The van der Waals surface area contributed by atoms with Crippen LogP contribution in [-0.2, 0) is 6.54 Å². The van der Waals surface area contributed by atoms with Gasteiger partial charge in [-0.25, -0.2) is 0 Å². The Hall–Kier alpha value is -0.880. The van der Waals surface area contributed by atoms with Crippen molar-refractivity contribution in [2.24, 2.45) is 5.92 Å². The smallest absolute Gasteiger partial charge is 0.275 e. The minimum absolute atomic E-state index is 0. The van der Waals surface area contributed by atoms with Crippen molar-refractivity contribution < 1.29 is 4.92 Å². The number of nitro groups is 1. The molecule has 2 unspecified atom stereocenters. The Morgan fingerprint density at radius 2 is 2.24 bits per heavy atom. The molecule has 7 heteroatoms. The molecule has 0 radical (unpaired) electrons. The minimum atomic E-state index is -0.342. The number of benzene rings is 1. The SMILES string of the molecule is Cl.O=[N+]([O-])c1cc(Cl)ccc1CN1CCC2NCCC2C1. The molecule has 0 bridgehead atoms. The number of piperidine rings is 1. The number of halogens is 2. The van der Waals surface area contributed by atoms with Gasteiger partial charge in [0.1, 0.15) is 0 Å². The topological polar surface area (TPSA) is 58.4 Å². The Bertz CT molecular complexity index is 527. The van der Waals surface area contributed by atoms with E-state index in [0.717, 1.165) is 31.6 Å². The van der Waals surface area contributed by atoms with Crippen LogP contribution in [0, 0.1) is 16.0 Å². The first kappa shape index (κ1) is 16.5. The molecule has 3 rings (SSSR count). The average Bonchev–Trinajstić information content (AvgIpc) is 2.88. The first-order chi connectivity index (χ1) is 9.63. The summed E-state index contributed by atoms with van der Waals surface area (Å²) < 4.78 is 0. The summed E-state index contributed by atoms with van der Waals surface area (Å²) >= 11 is 5.85. The highest BCUT2D eigenvalue weighted by atomic mass is 35.5. The van der Waals surface area contributed by atoms with Gasteiger partial charge in [0.25, 0.3) is 5.69 Å². The minimum Gasteiger partial charge on any atom is -0.314 e. The van der Waals surface area contributed by atoms with Crippen LogP contribution in [0.2, 0.25) is 5.02 Å². The van der Waals surface area contributed by atoms with E-state index in [-0.39, 0.29) is 23.0 Å². The van der Waals surface area contributed by atoms with Crippen molar-refractivity contribution in [1.29, 1.82) is 0 Å². The van der Waals surface area contributed by atoms with Gasteiger partial charge in [-0.2, -0.15) is 0 Å². The Labute approximate surface area is 135 Å². The van der Waals surface area contributed by atoms with Crippen molar-refractivity contribution >= 4 is 29.7 Å². The van der Waals surface area contributed by atoms with Gasteiger partial charge < -0.3 is 5.32 Å². The number of nitrogens with zero attached hydrogens (tertiary/aromatic N) is 2. The third-order valence-corrected chi connectivity index (χ3v) is 4.61. The maximum Gasteiger partial charge on any atom is 0.275 e. The molecule has 2 aliphatic rings. The van der Waals surface area contributed by atoms with E-state index in [1.165, 1.54) is 12.5 Å². The predicted molar refractivity (Wildman–Crippen MR) is 85.1 cm³/mol. The van der Waals surface area contributed by atoms with E-state index < -0.39 is 0 Å². The Morgan fingerprint density at radius 1 is 1.43 bits per heavy atom. The predicted octanol–water partition coefficient (Wildman–Crippen LogP) is 2.85. The van der Waals surface area contributed by atoms with Gasteiger partial charge in [0.05, 0.1) is 4.92 Å². The van der Waals surface area contributed by atoms with Gasteiger partial charge in [0.15, 0.2) is 0 Å². The van der Waals surface area contributed by atoms with Crippen LogP contribution in [0.5, 0.6) is 0 Å². The molecule has 2 heterocycles. The van der Waals surface area contributed by atoms with Gasteiger partial charge in [-0.05, 0) is 44.0 Å². The second-order valence-electron chi connectivity index (χ2n) is 5.66. The third kappa shape index (κ3) is 3.66. The molecule has 2 atom stereocenters. The largest absolute Gasteiger partial charge is 0.314 e. The van der Waals surface area contributed by atoms with Crippen molar-refractivity contribution in [1.82, 2.24) is 10.2 Å². The van der Waals surface area contributed by atoms with Crippen LogP contribution >= 0.6 is 24.0 Å². The summed E-state index contributed by atoms with van der Waals surface area (Å²) in [5.74, 6) is 0.690. The van der Waals surface area contributed by atoms with Gasteiger partial charge in [0.2, 0.25) is 0 Å². The van der Waals surface area contributed by atoms with Crippen molar-refractivity contribution in [3.05, 3.63) is 38.9 Å². The molecule has 0 saturated carbocycles. The lowest BCUT2D eigenvalue weighted by molar-refractivity contribution is -0.385. The van der Waals surface area contributed by atoms with Crippen LogP contribution in [0.25, 0.3) is 0 Å². The number of rotatable bonds is 3. The molecular formula is C14H19Cl2N3O2. The standard InChI is InChI=1S/C14H18ClN3O2.ClH/c15-12-2-1-11(14(7-12)18(19)20)9-17-6-4-13-10(8-17)3-5-16-13;/h1-2,7,10,13,16H,3-6,8-9H2;1H. The quantitative estimate of drug-likeness (QED) is 0.683. The molecule has 1 aromatic carbocycles. The number of fused-ring (bicyclic) bond motifs is 1. The third-order valence-electron chi connectivity index (χ3n) is 4.38. The van der Waals surface area contributed by atoms with Crippen molar-refractivity contribution in [2.45, 2.75) is 25.4 Å². The normalized spacial score (nSPS) is 25.2. The number of likely N-dealkylation sites (tertiary alicyclic amines) is 1. The van der Waals surface area contributed by atoms with Crippen LogP contribution in [0.1, 0.15) is 18.4 Å². The van der Waals surface area contributed by atoms with Crippen molar-refractivity contribution in [3.8, 4) is 0 Å². The first-order valence-electron chi connectivity index (χ1n) is 7.02. The summed E-state index contributed by atoms with van der Waals surface area (Å²) in [6.07, 6.45) is 2.34. The summed E-state index contributed by atoms with van der Waals surface area (Å²) in [4.78, 5) is 13.1. The molecule has 2 aliphatic heterocycles. The second-order valence-corrected chi connectivity index (χ2v) is 6.10. The summed E-state index contributed by atoms with van der Waals surface area (Å²) in [6, 6.07) is 5.60. The maximum absolute atomic E-state index is 11.1. The molecule has 2 fully saturated rings. The van der Waals surface area contributed by atoms with Gasteiger partial charge in [-0.3, -0.25) is 15.0 Å². The summed E-state index contributed by atoms with van der Waals surface area (Å²) in [6.45, 7) is 3.76. The van der Waals surface area contributed by atoms with Gasteiger partial charge >= 0.3 is 0 Å². The lowest BCUT2D eigenvalue weighted by atomic mass is 9.93. The highest BCUT2D eigenvalue weighted by Gasteiger charge is 2.33. The summed E-state index contributed by atoms with van der Waals surface area (Å²) in [5.41, 5.74) is 0.882. The highest BCUT2D eigenvalue weighted by Crippen LogP contribution is 2.28. The zero-order chi connectivity index (χ0) is 14.1. The second kappa shape index (κ2) is 6.92.